The highest BCUT2D eigenvalue weighted by Gasteiger charge is 2.20. The van der Waals surface area contributed by atoms with Crippen molar-refractivity contribution in [1.82, 2.24) is 9.78 Å². The highest BCUT2D eigenvalue weighted by Crippen LogP contribution is 2.23. The molecule has 2 aromatic rings. The van der Waals surface area contributed by atoms with E-state index >= 15 is 0 Å². The predicted octanol–water partition coefficient (Wildman–Crippen LogP) is 1.19. The van der Waals surface area contributed by atoms with Gasteiger partial charge < -0.3 is 14.3 Å². The van der Waals surface area contributed by atoms with Crippen LogP contribution in [0, 0.1) is 6.92 Å². The number of carbonyl (C=O) groups excluding carboxylic acids is 1. The third-order valence-corrected chi connectivity index (χ3v) is 2.70. The van der Waals surface area contributed by atoms with Crippen LogP contribution in [0.5, 0.6) is 0 Å². The fourth-order valence-corrected chi connectivity index (χ4v) is 1.58. The topological polar surface area (TPSA) is 77.5 Å². The maximum Gasteiger partial charge on any atom is 0.373 e. The van der Waals surface area contributed by atoms with E-state index in [0.717, 1.165) is 5.69 Å². The van der Waals surface area contributed by atoms with Crippen molar-refractivity contribution in [2.45, 2.75) is 13.0 Å². The fraction of sp³-hybridized carbons (Fsp3) is 0.333. The van der Waals surface area contributed by atoms with Crippen molar-refractivity contribution in [2.24, 2.45) is 7.05 Å². The van der Waals surface area contributed by atoms with E-state index in [0.29, 0.717) is 5.69 Å². The van der Waals surface area contributed by atoms with Crippen LogP contribution >= 0.6 is 0 Å². The summed E-state index contributed by atoms with van der Waals surface area (Å²) in [5, 5.41) is 14.2. The van der Waals surface area contributed by atoms with Crippen LogP contribution in [0.25, 0.3) is 0 Å². The Balaban J connectivity index is 2.26. The third-order valence-electron chi connectivity index (χ3n) is 2.70. The number of ether oxygens (including phenoxy) is 1. The maximum atomic E-state index is 11.2. The molecular formula is C12H14N2O4. The first-order chi connectivity index (χ1) is 8.52. The summed E-state index contributed by atoms with van der Waals surface area (Å²) in [6, 6.07) is 4.74. The second kappa shape index (κ2) is 4.66. The molecule has 0 fully saturated rings. The lowest BCUT2D eigenvalue weighted by Gasteiger charge is -2.03. The molecule has 2 heterocycles. The summed E-state index contributed by atoms with van der Waals surface area (Å²) in [5.41, 5.74) is 1.39. The average molecular weight is 250 g/mol. The van der Waals surface area contributed by atoms with Gasteiger partial charge in [0.15, 0.2) is 6.10 Å². The normalized spacial score (nSPS) is 12.4. The van der Waals surface area contributed by atoms with Crippen LogP contribution in [0.4, 0.5) is 0 Å². The van der Waals surface area contributed by atoms with Crippen molar-refractivity contribution >= 4 is 5.97 Å². The maximum absolute atomic E-state index is 11.2. The molecular weight excluding hydrogens is 236 g/mol. The Morgan fingerprint density at radius 3 is 2.83 bits per heavy atom. The van der Waals surface area contributed by atoms with Gasteiger partial charge in [0.25, 0.3) is 0 Å². The summed E-state index contributed by atoms with van der Waals surface area (Å²) in [5.74, 6) is -0.265. The van der Waals surface area contributed by atoms with Crippen LogP contribution in [0.3, 0.4) is 0 Å². The molecule has 0 aliphatic heterocycles. The Kier molecular flexibility index (Phi) is 3.20. The van der Waals surface area contributed by atoms with Crippen LogP contribution in [0.1, 0.15) is 33.8 Å². The molecule has 6 heteroatoms. The minimum absolute atomic E-state index is 0.0548. The molecule has 1 atom stereocenters. The summed E-state index contributed by atoms with van der Waals surface area (Å²) in [6.45, 7) is 1.88. The monoisotopic (exact) mass is 250 g/mol. The van der Waals surface area contributed by atoms with Crippen LogP contribution in [-0.2, 0) is 11.8 Å². The number of aryl methyl sites for hydroxylation is 2. The van der Waals surface area contributed by atoms with Crippen molar-refractivity contribution in [3.05, 3.63) is 41.1 Å². The number of aliphatic hydroxyl groups is 1. The Morgan fingerprint density at radius 2 is 2.28 bits per heavy atom. The van der Waals surface area contributed by atoms with E-state index < -0.39 is 12.1 Å². The molecule has 0 amide bonds. The van der Waals surface area contributed by atoms with E-state index in [9.17, 15) is 9.90 Å². The predicted molar refractivity (Wildman–Crippen MR) is 62.1 cm³/mol. The van der Waals surface area contributed by atoms with Crippen molar-refractivity contribution in [1.29, 1.82) is 0 Å². The second-order valence-corrected chi connectivity index (χ2v) is 3.93. The van der Waals surface area contributed by atoms with Gasteiger partial charge >= 0.3 is 5.97 Å². The first-order valence-electron chi connectivity index (χ1n) is 5.39. The molecule has 18 heavy (non-hydrogen) atoms. The van der Waals surface area contributed by atoms with Gasteiger partial charge in [0.1, 0.15) is 5.76 Å². The summed E-state index contributed by atoms with van der Waals surface area (Å²) < 4.78 is 11.4. The zero-order valence-electron chi connectivity index (χ0n) is 10.4. The number of aliphatic hydroxyl groups excluding tert-OH is 1. The largest absolute Gasteiger partial charge is 0.463 e. The molecule has 0 aliphatic carbocycles. The SMILES string of the molecule is COC(=O)c1ccc(C(O)c2cc(C)n(C)n2)o1. The molecule has 2 aromatic heterocycles. The van der Waals surface area contributed by atoms with E-state index in [1.165, 1.54) is 19.2 Å². The van der Waals surface area contributed by atoms with E-state index in [1.807, 2.05) is 6.92 Å². The smallest absolute Gasteiger partial charge is 0.373 e. The van der Waals surface area contributed by atoms with E-state index in [1.54, 1.807) is 17.8 Å². The van der Waals surface area contributed by atoms with Gasteiger partial charge in [0.05, 0.1) is 12.8 Å². The average Bonchev–Trinajstić information content (AvgIpc) is 2.96. The summed E-state index contributed by atoms with van der Waals surface area (Å²) in [4.78, 5) is 11.2. The van der Waals surface area contributed by atoms with Gasteiger partial charge in [0, 0.05) is 12.7 Å². The Hall–Kier alpha value is -2.08. The Bertz CT molecular complexity index is 551. The number of methoxy groups -OCH3 is 1. The molecule has 0 bridgehead atoms. The van der Waals surface area contributed by atoms with Crippen molar-refractivity contribution in [3.63, 3.8) is 0 Å². The van der Waals surface area contributed by atoms with Gasteiger partial charge in [-0.1, -0.05) is 0 Å². The molecule has 0 saturated heterocycles. The highest BCUT2D eigenvalue weighted by molar-refractivity contribution is 5.86. The van der Waals surface area contributed by atoms with Gasteiger partial charge in [0.2, 0.25) is 5.76 Å². The van der Waals surface area contributed by atoms with E-state index in [-0.39, 0.29) is 11.5 Å². The number of nitrogens with zero attached hydrogens (tertiary/aromatic N) is 2. The summed E-state index contributed by atoms with van der Waals surface area (Å²) in [6.07, 6.45) is -0.997. The zero-order valence-corrected chi connectivity index (χ0v) is 10.4. The Morgan fingerprint density at radius 1 is 1.56 bits per heavy atom. The molecule has 0 spiro atoms. The number of hydrogen-bond acceptors (Lipinski definition) is 5. The standard InChI is InChI=1S/C12H14N2O4/c1-7-6-8(13-14(7)2)11(15)9-4-5-10(18-9)12(16)17-3/h4-6,11,15H,1-3H3. The number of aromatic nitrogens is 2. The first-order valence-corrected chi connectivity index (χ1v) is 5.39. The second-order valence-electron chi connectivity index (χ2n) is 3.93. The van der Waals surface area contributed by atoms with Crippen molar-refractivity contribution in [3.8, 4) is 0 Å². The number of carbonyl (C=O) groups is 1. The van der Waals surface area contributed by atoms with Gasteiger partial charge in [-0.25, -0.2) is 4.79 Å². The highest BCUT2D eigenvalue weighted by atomic mass is 16.5. The molecule has 1 unspecified atom stereocenters. The van der Waals surface area contributed by atoms with Crippen LogP contribution in [0.15, 0.2) is 22.6 Å². The fourth-order valence-electron chi connectivity index (χ4n) is 1.58. The minimum Gasteiger partial charge on any atom is -0.463 e. The molecule has 2 rings (SSSR count). The first kappa shape index (κ1) is 12.4. The number of rotatable bonds is 3. The Labute approximate surface area is 104 Å². The molecule has 0 aromatic carbocycles. The van der Waals surface area contributed by atoms with E-state index in [2.05, 4.69) is 9.84 Å². The van der Waals surface area contributed by atoms with Gasteiger partial charge in [-0.3, -0.25) is 4.68 Å². The van der Waals surface area contributed by atoms with Crippen LogP contribution < -0.4 is 0 Å². The third kappa shape index (κ3) is 2.14. The molecule has 6 nitrogen and oxygen atoms in total. The molecule has 0 saturated carbocycles. The molecule has 0 aliphatic rings. The molecule has 1 N–H and O–H groups in total. The van der Waals surface area contributed by atoms with E-state index in [4.69, 9.17) is 4.42 Å². The van der Waals surface area contributed by atoms with Gasteiger partial charge in [-0.05, 0) is 25.1 Å². The quantitative estimate of drug-likeness (QED) is 0.828. The van der Waals surface area contributed by atoms with Crippen LogP contribution in [-0.4, -0.2) is 28.0 Å². The summed E-state index contributed by atoms with van der Waals surface area (Å²) >= 11 is 0. The van der Waals surface area contributed by atoms with Gasteiger partial charge in [-0.2, -0.15) is 5.10 Å². The number of esters is 1. The lowest BCUT2D eigenvalue weighted by Crippen LogP contribution is -2.02. The minimum atomic E-state index is -0.997. The zero-order chi connectivity index (χ0) is 13.3. The number of furan rings is 1. The lowest BCUT2D eigenvalue weighted by molar-refractivity contribution is 0.0557. The van der Waals surface area contributed by atoms with Crippen LogP contribution in [0.2, 0.25) is 0 Å². The van der Waals surface area contributed by atoms with Crippen molar-refractivity contribution in [2.75, 3.05) is 7.11 Å². The lowest BCUT2D eigenvalue weighted by atomic mass is 10.2. The summed E-state index contributed by atoms with van der Waals surface area (Å²) in [7, 11) is 3.05. The van der Waals surface area contributed by atoms with Crippen molar-refractivity contribution < 1.29 is 19.1 Å². The number of hydrogen-bond donors (Lipinski definition) is 1. The molecule has 0 radical (unpaired) electrons. The van der Waals surface area contributed by atoms with Gasteiger partial charge in [-0.15, -0.1) is 0 Å². The molecule has 96 valence electrons.